The molecule has 6 heteroatoms. The molecule has 3 aromatic carbocycles. The minimum absolute atomic E-state index is 0.0818. The molecule has 5 rings (SSSR count). The molecular weight excluding hydrogens is 412 g/mol. The first-order valence-electron chi connectivity index (χ1n) is 11.4. The zero-order chi connectivity index (χ0) is 22.6. The van der Waals surface area contributed by atoms with Crippen LogP contribution in [0.2, 0.25) is 0 Å². The van der Waals surface area contributed by atoms with Gasteiger partial charge in [0.15, 0.2) is 0 Å². The highest BCUT2D eigenvalue weighted by atomic mass is 16.6. The fraction of sp³-hybridized carbons (Fsp3) is 0.222. The Balaban J connectivity index is 1.58. The van der Waals surface area contributed by atoms with E-state index in [9.17, 15) is 10.1 Å². The number of rotatable bonds is 6. The Morgan fingerprint density at radius 2 is 1.55 bits per heavy atom. The van der Waals surface area contributed by atoms with E-state index < -0.39 is 0 Å². The van der Waals surface area contributed by atoms with Crippen LogP contribution in [-0.4, -0.2) is 21.2 Å². The van der Waals surface area contributed by atoms with Gasteiger partial charge < -0.3 is 5.32 Å². The number of hydrogen-bond acceptors (Lipinski definition) is 4. The van der Waals surface area contributed by atoms with E-state index in [0.717, 1.165) is 49.4 Å². The van der Waals surface area contributed by atoms with Gasteiger partial charge in [-0.3, -0.25) is 10.1 Å². The van der Waals surface area contributed by atoms with E-state index in [2.05, 4.69) is 53.8 Å². The first-order chi connectivity index (χ1) is 16.2. The number of nitrogens with one attached hydrogen (secondary N) is 1. The van der Waals surface area contributed by atoms with Gasteiger partial charge in [0.05, 0.1) is 16.3 Å². The van der Waals surface area contributed by atoms with Gasteiger partial charge in [0, 0.05) is 36.6 Å². The molecule has 0 fully saturated rings. The molecule has 0 atom stereocenters. The number of nitro benzene ring substituents is 1. The highest BCUT2D eigenvalue weighted by molar-refractivity contribution is 5.56. The molecule has 0 bridgehead atoms. The van der Waals surface area contributed by atoms with E-state index in [1.54, 1.807) is 12.1 Å². The maximum absolute atomic E-state index is 11.1. The maximum atomic E-state index is 11.1. The number of non-ortho nitro benzene ring substituents is 1. The van der Waals surface area contributed by atoms with Gasteiger partial charge in [-0.1, -0.05) is 60.7 Å². The zero-order valence-electron chi connectivity index (χ0n) is 18.4. The lowest BCUT2D eigenvalue weighted by molar-refractivity contribution is -0.384. The van der Waals surface area contributed by atoms with Gasteiger partial charge in [-0.05, 0) is 42.5 Å². The molecule has 0 spiro atoms. The molecule has 4 aromatic rings. The summed E-state index contributed by atoms with van der Waals surface area (Å²) in [6.07, 6.45) is 3.98. The van der Waals surface area contributed by atoms with E-state index in [0.29, 0.717) is 0 Å². The molecule has 33 heavy (non-hydrogen) atoms. The lowest BCUT2D eigenvalue weighted by Gasteiger charge is -2.18. The zero-order valence-corrected chi connectivity index (χ0v) is 18.4. The Labute approximate surface area is 193 Å². The number of benzene rings is 3. The van der Waals surface area contributed by atoms with Gasteiger partial charge in [0.1, 0.15) is 5.82 Å². The molecule has 1 aliphatic heterocycles. The second-order valence-electron chi connectivity index (χ2n) is 8.42. The molecular formula is C27H26N4O2. The monoisotopic (exact) mass is 438 g/mol. The summed E-state index contributed by atoms with van der Waals surface area (Å²) in [5, 5.41) is 19.7. The topological polar surface area (TPSA) is 73.0 Å². The highest BCUT2D eigenvalue weighted by Gasteiger charge is 2.24. The molecule has 1 aliphatic rings. The highest BCUT2D eigenvalue weighted by Crippen LogP contribution is 2.34. The Hall–Kier alpha value is -3.93. The van der Waals surface area contributed by atoms with Crippen LogP contribution in [0.1, 0.15) is 41.1 Å². The van der Waals surface area contributed by atoms with Gasteiger partial charge in [0.25, 0.3) is 5.69 Å². The Bertz CT molecular complexity index is 1200. The average molecular weight is 439 g/mol. The van der Waals surface area contributed by atoms with Crippen LogP contribution in [0.5, 0.6) is 0 Å². The van der Waals surface area contributed by atoms with Crippen molar-refractivity contribution in [3.05, 3.63) is 117 Å². The number of anilines is 1. The van der Waals surface area contributed by atoms with Crippen LogP contribution in [0.25, 0.3) is 5.69 Å². The molecule has 0 radical (unpaired) electrons. The summed E-state index contributed by atoms with van der Waals surface area (Å²) in [4.78, 5) is 10.7. The molecule has 0 unspecified atom stereocenters. The van der Waals surface area contributed by atoms with Crippen molar-refractivity contribution in [2.75, 3.05) is 11.9 Å². The number of nitrogens with zero attached hydrogens (tertiary/aromatic N) is 3. The predicted molar refractivity (Wildman–Crippen MR) is 130 cm³/mol. The fourth-order valence-electron chi connectivity index (χ4n) is 4.63. The normalized spacial score (nSPS) is 13.2. The third kappa shape index (κ3) is 4.37. The third-order valence-corrected chi connectivity index (χ3v) is 6.32. The van der Waals surface area contributed by atoms with Crippen LogP contribution in [-0.2, 0) is 12.8 Å². The lowest BCUT2D eigenvalue weighted by Crippen LogP contribution is -2.08. The van der Waals surface area contributed by atoms with Crippen molar-refractivity contribution >= 4 is 11.5 Å². The predicted octanol–water partition coefficient (Wildman–Crippen LogP) is 5.90. The van der Waals surface area contributed by atoms with Crippen LogP contribution in [0.4, 0.5) is 11.5 Å². The molecule has 1 N–H and O–H groups in total. The molecule has 2 heterocycles. The van der Waals surface area contributed by atoms with Gasteiger partial charge in [-0.15, -0.1) is 0 Å². The minimum Gasteiger partial charge on any atom is -0.370 e. The Morgan fingerprint density at radius 1 is 0.909 bits per heavy atom. The fourth-order valence-corrected chi connectivity index (χ4v) is 4.63. The minimum atomic E-state index is -0.374. The molecule has 0 aliphatic carbocycles. The van der Waals surface area contributed by atoms with E-state index in [4.69, 9.17) is 5.10 Å². The van der Waals surface area contributed by atoms with Gasteiger partial charge in [0.2, 0.25) is 0 Å². The summed E-state index contributed by atoms with van der Waals surface area (Å²) >= 11 is 0. The Kier molecular flexibility index (Phi) is 5.89. The second kappa shape index (κ2) is 9.28. The van der Waals surface area contributed by atoms with Crippen molar-refractivity contribution in [1.29, 1.82) is 0 Å². The number of hydrogen-bond donors (Lipinski definition) is 1. The summed E-state index contributed by atoms with van der Waals surface area (Å²) in [7, 11) is 0. The van der Waals surface area contributed by atoms with Gasteiger partial charge in [-0.25, -0.2) is 4.68 Å². The summed E-state index contributed by atoms with van der Waals surface area (Å²) < 4.78 is 1.92. The summed E-state index contributed by atoms with van der Waals surface area (Å²) in [6, 6.07) is 27.8. The van der Waals surface area contributed by atoms with Crippen LogP contribution >= 0.6 is 0 Å². The largest absolute Gasteiger partial charge is 0.370 e. The summed E-state index contributed by atoms with van der Waals surface area (Å²) in [5.41, 5.74) is 5.78. The summed E-state index contributed by atoms with van der Waals surface area (Å²) in [5.74, 6) is 1.20. The van der Waals surface area contributed by atoms with Gasteiger partial charge in [-0.2, -0.15) is 5.10 Å². The molecule has 1 aromatic heterocycles. The van der Waals surface area contributed by atoms with E-state index in [1.807, 2.05) is 16.8 Å². The van der Waals surface area contributed by atoms with Crippen LogP contribution in [0.3, 0.4) is 0 Å². The molecule has 0 saturated heterocycles. The third-order valence-electron chi connectivity index (χ3n) is 6.32. The molecule has 6 nitrogen and oxygen atoms in total. The van der Waals surface area contributed by atoms with Crippen molar-refractivity contribution in [2.45, 2.75) is 31.6 Å². The molecule has 0 amide bonds. The summed E-state index contributed by atoms with van der Waals surface area (Å²) in [6.45, 7) is 0.895. The smallest absolute Gasteiger partial charge is 0.269 e. The van der Waals surface area contributed by atoms with Crippen LogP contribution in [0, 0.1) is 10.1 Å². The quantitative estimate of drug-likeness (QED) is 0.300. The number of aromatic nitrogens is 2. The van der Waals surface area contributed by atoms with Crippen LogP contribution in [0.15, 0.2) is 84.9 Å². The van der Waals surface area contributed by atoms with Crippen molar-refractivity contribution in [1.82, 2.24) is 9.78 Å². The molecule has 166 valence electrons. The Morgan fingerprint density at radius 3 is 2.15 bits per heavy atom. The number of nitro groups is 1. The standard InChI is InChI=1S/C27H26N4O2/c32-31(33)23-16-14-22(15-17-23)30-27-24(13-7-8-18-28-27)26(29-30)19-25(20-9-3-1-4-10-20)21-11-5-2-6-12-21/h1-6,9-12,14-17,25,28H,7-8,13,18-19H2. The van der Waals surface area contributed by atoms with Crippen molar-refractivity contribution in [3.63, 3.8) is 0 Å². The lowest BCUT2D eigenvalue weighted by atomic mass is 9.86. The van der Waals surface area contributed by atoms with Gasteiger partial charge >= 0.3 is 0 Å². The van der Waals surface area contributed by atoms with Crippen LogP contribution < -0.4 is 5.32 Å². The van der Waals surface area contributed by atoms with Crippen molar-refractivity contribution in [2.24, 2.45) is 0 Å². The van der Waals surface area contributed by atoms with E-state index in [1.165, 1.54) is 28.8 Å². The second-order valence-corrected chi connectivity index (χ2v) is 8.42. The average Bonchev–Trinajstić information content (AvgIpc) is 3.02. The van der Waals surface area contributed by atoms with E-state index >= 15 is 0 Å². The van der Waals surface area contributed by atoms with E-state index in [-0.39, 0.29) is 16.5 Å². The first-order valence-corrected chi connectivity index (χ1v) is 11.4. The van der Waals surface area contributed by atoms with Crippen molar-refractivity contribution in [3.8, 4) is 5.69 Å². The molecule has 0 saturated carbocycles. The first kappa shape index (κ1) is 20.9. The SMILES string of the molecule is O=[N+]([O-])c1ccc(-n2nc(CC(c3ccccc3)c3ccccc3)c3c2NCCCC3)cc1. The van der Waals surface area contributed by atoms with Crippen molar-refractivity contribution < 1.29 is 4.92 Å². The maximum Gasteiger partial charge on any atom is 0.269 e. The number of fused-ring (bicyclic) bond motifs is 1.